The van der Waals surface area contributed by atoms with Crippen molar-refractivity contribution in [1.29, 1.82) is 0 Å². The minimum Gasteiger partial charge on any atom is -0.393 e. The molecule has 4 aliphatic carbocycles. The molecule has 8 unspecified atom stereocenters. The number of ketones is 1. The smallest absolute Gasteiger partial charge is 0.133 e. The van der Waals surface area contributed by atoms with E-state index in [-0.39, 0.29) is 29.0 Å². The van der Waals surface area contributed by atoms with Crippen LogP contribution < -0.4 is 0 Å². The molecule has 3 heteroatoms. The number of rotatable bonds is 5. The Hall–Kier alpha value is -0.670. The predicted molar refractivity (Wildman–Crippen MR) is 121 cm³/mol. The standard InChI is InChI=1S/C27H44O3/c1-16(2)12-19(29)13-17(3)21-6-7-22-20-15-25(30)24-14-18(28)8-10-27(24,5)23(20)9-11-26(21,22)4/h16-18,21-22,24-25,28,30H,6-15H2,1-5H3. The third-order valence-electron chi connectivity index (χ3n) is 9.93. The number of Topliss-reactive ketones (excluding diaryl/α,β-unsaturated/α-hetero) is 1. The predicted octanol–water partition coefficient (Wildman–Crippen LogP) is 5.68. The number of hydrogen-bond donors (Lipinski definition) is 2. The molecule has 2 saturated carbocycles. The molecule has 3 nitrogen and oxygen atoms in total. The normalized spacial score (nSPS) is 44.5. The van der Waals surface area contributed by atoms with Gasteiger partial charge in [0.1, 0.15) is 5.78 Å². The van der Waals surface area contributed by atoms with E-state index in [2.05, 4.69) is 34.6 Å². The van der Waals surface area contributed by atoms with Crippen LogP contribution in [0.4, 0.5) is 0 Å². The first-order valence-electron chi connectivity index (χ1n) is 12.7. The van der Waals surface area contributed by atoms with Crippen LogP contribution in [0.1, 0.15) is 98.8 Å². The molecule has 0 heterocycles. The highest BCUT2D eigenvalue weighted by Crippen LogP contribution is 2.65. The SMILES string of the molecule is CC(C)CC(=O)CC(C)C1CCC2C3=C(CCC21C)C1(C)CCC(O)CC1C(O)C3. The zero-order chi connectivity index (χ0) is 21.8. The molecular weight excluding hydrogens is 372 g/mol. The second-order valence-corrected chi connectivity index (χ2v) is 12.3. The Kier molecular flexibility index (Phi) is 6.03. The number of carbonyl (C=O) groups is 1. The molecule has 0 amide bonds. The molecule has 4 rings (SSSR count). The van der Waals surface area contributed by atoms with Gasteiger partial charge < -0.3 is 10.2 Å². The highest BCUT2D eigenvalue weighted by molar-refractivity contribution is 5.78. The molecule has 30 heavy (non-hydrogen) atoms. The van der Waals surface area contributed by atoms with Gasteiger partial charge in [-0.2, -0.15) is 0 Å². The van der Waals surface area contributed by atoms with Gasteiger partial charge in [0, 0.05) is 12.8 Å². The fraction of sp³-hybridized carbons (Fsp3) is 0.889. The highest BCUT2D eigenvalue weighted by Gasteiger charge is 2.57. The summed E-state index contributed by atoms with van der Waals surface area (Å²) in [6.07, 6.45) is 9.18. The van der Waals surface area contributed by atoms with Crippen molar-refractivity contribution in [3.8, 4) is 0 Å². The van der Waals surface area contributed by atoms with E-state index in [0.29, 0.717) is 35.9 Å². The summed E-state index contributed by atoms with van der Waals surface area (Å²) < 4.78 is 0. The van der Waals surface area contributed by atoms with Crippen molar-refractivity contribution >= 4 is 5.78 Å². The molecule has 0 radical (unpaired) electrons. The summed E-state index contributed by atoms with van der Waals surface area (Å²) in [5.41, 5.74) is 3.57. The van der Waals surface area contributed by atoms with Crippen molar-refractivity contribution in [2.24, 2.45) is 40.4 Å². The van der Waals surface area contributed by atoms with Gasteiger partial charge in [0.2, 0.25) is 0 Å². The Morgan fingerprint density at radius 3 is 2.50 bits per heavy atom. The Labute approximate surface area is 183 Å². The Morgan fingerprint density at radius 2 is 1.80 bits per heavy atom. The summed E-state index contributed by atoms with van der Waals surface area (Å²) in [6.45, 7) is 11.5. The van der Waals surface area contributed by atoms with Gasteiger partial charge >= 0.3 is 0 Å². The van der Waals surface area contributed by atoms with Crippen molar-refractivity contribution in [2.75, 3.05) is 0 Å². The van der Waals surface area contributed by atoms with Crippen LogP contribution in [0, 0.1) is 40.4 Å². The van der Waals surface area contributed by atoms with Gasteiger partial charge in [-0.05, 0) is 91.8 Å². The van der Waals surface area contributed by atoms with Gasteiger partial charge in [-0.1, -0.05) is 45.8 Å². The van der Waals surface area contributed by atoms with Crippen molar-refractivity contribution in [3.63, 3.8) is 0 Å². The first-order chi connectivity index (χ1) is 14.1. The molecule has 8 atom stereocenters. The molecule has 0 aromatic rings. The van der Waals surface area contributed by atoms with E-state index in [1.165, 1.54) is 19.3 Å². The van der Waals surface area contributed by atoms with E-state index >= 15 is 0 Å². The lowest BCUT2D eigenvalue weighted by Crippen LogP contribution is -2.50. The number of hydrogen-bond acceptors (Lipinski definition) is 3. The highest BCUT2D eigenvalue weighted by atomic mass is 16.3. The van der Waals surface area contributed by atoms with Gasteiger partial charge in [-0.15, -0.1) is 0 Å². The van der Waals surface area contributed by atoms with Crippen molar-refractivity contribution in [3.05, 3.63) is 11.1 Å². The fourth-order valence-electron chi connectivity index (χ4n) is 8.50. The number of allylic oxidation sites excluding steroid dienone is 1. The molecule has 4 aliphatic rings. The first kappa shape index (κ1) is 22.5. The van der Waals surface area contributed by atoms with Gasteiger partial charge in [0.25, 0.3) is 0 Å². The largest absolute Gasteiger partial charge is 0.393 e. The van der Waals surface area contributed by atoms with Gasteiger partial charge in [-0.25, -0.2) is 0 Å². The minimum atomic E-state index is -0.310. The quantitative estimate of drug-likeness (QED) is 0.567. The van der Waals surface area contributed by atoms with Crippen molar-refractivity contribution in [2.45, 2.75) is 111 Å². The zero-order valence-electron chi connectivity index (χ0n) is 19.9. The maximum Gasteiger partial charge on any atom is 0.133 e. The van der Waals surface area contributed by atoms with Crippen LogP contribution in [0.2, 0.25) is 0 Å². The molecule has 0 aromatic heterocycles. The van der Waals surface area contributed by atoms with Crippen LogP contribution in [-0.4, -0.2) is 28.2 Å². The zero-order valence-corrected chi connectivity index (χ0v) is 19.9. The maximum atomic E-state index is 12.5. The summed E-state index contributed by atoms with van der Waals surface area (Å²) in [7, 11) is 0. The van der Waals surface area contributed by atoms with Crippen LogP contribution in [0.5, 0.6) is 0 Å². The van der Waals surface area contributed by atoms with Crippen molar-refractivity contribution in [1.82, 2.24) is 0 Å². The van der Waals surface area contributed by atoms with Crippen LogP contribution in [0.3, 0.4) is 0 Å². The lowest BCUT2D eigenvalue weighted by atomic mass is 9.50. The summed E-state index contributed by atoms with van der Waals surface area (Å²) in [5, 5.41) is 21.4. The number of aliphatic hydroxyl groups excluding tert-OH is 2. The number of carbonyl (C=O) groups excluding carboxylic acids is 1. The third kappa shape index (κ3) is 3.62. The van der Waals surface area contributed by atoms with Crippen molar-refractivity contribution < 1.29 is 15.0 Å². The van der Waals surface area contributed by atoms with E-state index in [0.717, 1.165) is 38.5 Å². The van der Waals surface area contributed by atoms with Crippen LogP contribution >= 0.6 is 0 Å². The second-order valence-electron chi connectivity index (χ2n) is 12.3. The summed E-state index contributed by atoms with van der Waals surface area (Å²) in [6, 6.07) is 0. The molecule has 0 bridgehead atoms. The van der Waals surface area contributed by atoms with E-state index in [1.54, 1.807) is 11.1 Å². The van der Waals surface area contributed by atoms with Crippen LogP contribution in [-0.2, 0) is 4.79 Å². The fourth-order valence-corrected chi connectivity index (χ4v) is 8.50. The average molecular weight is 417 g/mol. The Morgan fingerprint density at radius 1 is 1.07 bits per heavy atom. The van der Waals surface area contributed by atoms with Crippen LogP contribution in [0.15, 0.2) is 11.1 Å². The van der Waals surface area contributed by atoms with E-state index < -0.39 is 0 Å². The second kappa shape index (κ2) is 8.03. The Bertz CT molecular complexity index is 709. The minimum absolute atomic E-state index is 0.0739. The lowest BCUT2D eigenvalue weighted by Gasteiger charge is -2.56. The van der Waals surface area contributed by atoms with E-state index in [9.17, 15) is 15.0 Å². The third-order valence-corrected chi connectivity index (χ3v) is 9.93. The molecule has 2 fully saturated rings. The molecule has 170 valence electrons. The average Bonchev–Trinajstić information content (AvgIpc) is 3.00. The van der Waals surface area contributed by atoms with Gasteiger partial charge in [-0.3, -0.25) is 4.79 Å². The van der Waals surface area contributed by atoms with E-state index in [4.69, 9.17) is 0 Å². The summed E-state index contributed by atoms with van der Waals surface area (Å²) >= 11 is 0. The van der Waals surface area contributed by atoms with Gasteiger partial charge in [0.05, 0.1) is 12.2 Å². The van der Waals surface area contributed by atoms with Crippen LogP contribution in [0.25, 0.3) is 0 Å². The molecule has 0 spiro atoms. The van der Waals surface area contributed by atoms with E-state index in [1.807, 2.05) is 0 Å². The molecular formula is C27H44O3. The molecule has 0 saturated heterocycles. The molecule has 2 N–H and O–H groups in total. The first-order valence-corrected chi connectivity index (χ1v) is 12.7. The topological polar surface area (TPSA) is 57.5 Å². The summed E-state index contributed by atoms with van der Waals surface area (Å²) in [4.78, 5) is 12.5. The number of aliphatic hydroxyl groups is 2. The Balaban J connectivity index is 1.57. The lowest BCUT2D eigenvalue weighted by molar-refractivity contribution is -0.121. The maximum absolute atomic E-state index is 12.5. The number of fused-ring (bicyclic) bond motifs is 4. The molecule has 0 aromatic carbocycles. The molecule has 0 aliphatic heterocycles. The monoisotopic (exact) mass is 416 g/mol. The summed E-state index contributed by atoms with van der Waals surface area (Å²) in [5.74, 6) is 2.75. The van der Waals surface area contributed by atoms with Gasteiger partial charge in [0.15, 0.2) is 0 Å².